The Morgan fingerprint density at radius 1 is 1.38 bits per heavy atom. The van der Waals surface area contributed by atoms with Crippen molar-refractivity contribution in [3.05, 3.63) is 17.0 Å². The maximum Gasteiger partial charge on any atom is 0.216 e. The summed E-state index contributed by atoms with van der Waals surface area (Å²) in [5.74, 6) is 0.00976. The predicted molar refractivity (Wildman–Crippen MR) is 63.1 cm³/mol. The van der Waals surface area contributed by atoms with E-state index in [0.29, 0.717) is 6.54 Å². The number of hydrogen-bond donors (Lipinski definition) is 2. The fourth-order valence-electron chi connectivity index (χ4n) is 1.61. The second-order valence-electron chi connectivity index (χ2n) is 3.93. The Morgan fingerprint density at radius 3 is 2.56 bits per heavy atom. The van der Waals surface area contributed by atoms with Gasteiger partial charge in [0.2, 0.25) is 5.91 Å². The van der Waals surface area contributed by atoms with Crippen LogP contribution in [0.25, 0.3) is 0 Å². The number of nitrogens with zero attached hydrogens (tertiary/aromatic N) is 2. The van der Waals surface area contributed by atoms with Crippen LogP contribution in [0.2, 0.25) is 0 Å². The van der Waals surface area contributed by atoms with E-state index >= 15 is 0 Å². The lowest BCUT2D eigenvalue weighted by molar-refractivity contribution is -0.118. The van der Waals surface area contributed by atoms with Gasteiger partial charge in [0.1, 0.15) is 0 Å². The summed E-state index contributed by atoms with van der Waals surface area (Å²) < 4.78 is 1.89. The molecule has 0 saturated heterocycles. The fraction of sp³-hybridized carbons (Fsp3) is 0.636. The van der Waals surface area contributed by atoms with E-state index in [9.17, 15) is 4.79 Å². The number of hydrogen-bond acceptors (Lipinski definition) is 3. The molecule has 1 rings (SSSR count). The minimum absolute atomic E-state index is 0.00976. The minimum Gasteiger partial charge on any atom is -0.355 e. The van der Waals surface area contributed by atoms with E-state index in [1.165, 1.54) is 18.2 Å². The Kier molecular flexibility index (Phi) is 4.49. The number of aryl methyl sites for hydroxylation is 2. The molecular formula is C11H20N4O. The van der Waals surface area contributed by atoms with Gasteiger partial charge in [0.15, 0.2) is 0 Å². The summed E-state index contributed by atoms with van der Waals surface area (Å²) in [6, 6.07) is 0. The molecule has 0 aliphatic carbocycles. The maximum absolute atomic E-state index is 10.6. The van der Waals surface area contributed by atoms with Crippen molar-refractivity contribution in [2.45, 2.75) is 27.3 Å². The first kappa shape index (κ1) is 12.7. The van der Waals surface area contributed by atoms with Crippen molar-refractivity contribution >= 4 is 5.91 Å². The maximum atomic E-state index is 10.6. The number of rotatable bonds is 5. The molecule has 0 spiro atoms. The lowest BCUT2D eigenvalue weighted by Gasteiger charge is -2.05. The molecule has 1 aromatic heterocycles. The van der Waals surface area contributed by atoms with Crippen molar-refractivity contribution in [1.29, 1.82) is 0 Å². The normalized spacial score (nSPS) is 10.5. The Hall–Kier alpha value is -1.36. The van der Waals surface area contributed by atoms with Crippen molar-refractivity contribution in [3.8, 4) is 0 Å². The molecule has 0 fully saturated rings. The summed E-state index contributed by atoms with van der Waals surface area (Å²) in [5.41, 5.74) is 3.49. The summed E-state index contributed by atoms with van der Waals surface area (Å²) in [6.45, 7) is 7.82. The molecule has 90 valence electrons. The monoisotopic (exact) mass is 224 g/mol. The van der Waals surface area contributed by atoms with Gasteiger partial charge in [-0.3, -0.25) is 9.48 Å². The average molecular weight is 224 g/mol. The van der Waals surface area contributed by atoms with E-state index in [1.54, 1.807) is 0 Å². The highest BCUT2D eigenvalue weighted by Gasteiger charge is 2.07. The third-order valence-electron chi connectivity index (χ3n) is 2.64. The quantitative estimate of drug-likeness (QED) is 0.705. The van der Waals surface area contributed by atoms with Gasteiger partial charge < -0.3 is 10.6 Å². The highest BCUT2D eigenvalue weighted by Crippen LogP contribution is 2.10. The lowest BCUT2D eigenvalue weighted by atomic mass is 10.2. The van der Waals surface area contributed by atoms with E-state index in [4.69, 9.17) is 0 Å². The van der Waals surface area contributed by atoms with Crippen molar-refractivity contribution in [1.82, 2.24) is 20.4 Å². The van der Waals surface area contributed by atoms with Crippen LogP contribution in [0.1, 0.15) is 23.9 Å². The largest absolute Gasteiger partial charge is 0.355 e. The predicted octanol–water partition coefficient (Wildman–Crippen LogP) is 0.263. The average Bonchev–Trinajstić information content (AvgIpc) is 2.43. The third-order valence-corrected chi connectivity index (χ3v) is 2.64. The van der Waals surface area contributed by atoms with Crippen LogP contribution < -0.4 is 10.6 Å². The van der Waals surface area contributed by atoms with E-state index in [0.717, 1.165) is 18.8 Å². The van der Waals surface area contributed by atoms with Crippen LogP contribution in [0.5, 0.6) is 0 Å². The van der Waals surface area contributed by atoms with Gasteiger partial charge in [-0.15, -0.1) is 0 Å². The first-order valence-electron chi connectivity index (χ1n) is 5.46. The van der Waals surface area contributed by atoms with E-state index in [-0.39, 0.29) is 5.91 Å². The molecule has 0 unspecified atom stereocenters. The van der Waals surface area contributed by atoms with Crippen molar-refractivity contribution in [2.24, 2.45) is 7.05 Å². The van der Waals surface area contributed by atoms with Crippen molar-refractivity contribution in [3.63, 3.8) is 0 Å². The zero-order valence-corrected chi connectivity index (χ0v) is 10.4. The van der Waals surface area contributed by atoms with Gasteiger partial charge in [0.05, 0.1) is 5.69 Å². The summed E-state index contributed by atoms with van der Waals surface area (Å²) in [6.07, 6.45) is 0. The third kappa shape index (κ3) is 3.34. The summed E-state index contributed by atoms with van der Waals surface area (Å²) in [4.78, 5) is 10.6. The van der Waals surface area contributed by atoms with Gasteiger partial charge in [-0.05, 0) is 13.8 Å². The second kappa shape index (κ2) is 5.65. The van der Waals surface area contributed by atoms with Gasteiger partial charge in [-0.1, -0.05) is 0 Å². The van der Waals surface area contributed by atoms with Gasteiger partial charge in [-0.2, -0.15) is 5.10 Å². The SMILES string of the molecule is CC(=O)NCCNCc1c(C)nn(C)c1C. The molecule has 0 radical (unpaired) electrons. The van der Waals surface area contributed by atoms with E-state index in [2.05, 4.69) is 22.7 Å². The standard InChI is InChI=1S/C11H20N4O/c1-8-11(9(2)15(4)14-8)7-12-5-6-13-10(3)16/h12H,5-7H2,1-4H3,(H,13,16). The fourth-order valence-corrected chi connectivity index (χ4v) is 1.61. The number of carbonyl (C=O) groups is 1. The van der Waals surface area contributed by atoms with Crippen molar-refractivity contribution < 1.29 is 4.79 Å². The van der Waals surface area contributed by atoms with Crippen LogP contribution >= 0.6 is 0 Å². The highest BCUT2D eigenvalue weighted by atomic mass is 16.1. The second-order valence-corrected chi connectivity index (χ2v) is 3.93. The van der Waals surface area contributed by atoms with Gasteiger partial charge >= 0.3 is 0 Å². The van der Waals surface area contributed by atoms with Crippen LogP contribution in [-0.2, 0) is 18.4 Å². The highest BCUT2D eigenvalue weighted by molar-refractivity contribution is 5.72. The molecule has 16 heavy (non-hydrogen) atoms. The summed E-state index contributed by atoms with van der Waals surface area (Å²) >= 11 is 0. The molecule has 0 atom stereocenters. The topological polar surface area (TPSA) is 59.0 Å². The van der Waals surface area contributed by atoms with E-state index in [1.807, 2.05) is 18.7 Å². The van der Waals surface area contributed by atoms with Crippen LogP contribution in [0.3, 0.4) is 0 Å². The van der Waals surface area contributed by atoms with Crippen LogP contribution in [0.15, 0.2) is 0 Å². The molecule has 0 bridgehead atoms. The Morgan fingerprint density at radius 2 is 2.06 bits per heavy atom. The zero-order valence-electron chi connectivity index (χ0n) is 10.4. The number of carbonyl (C=O) groups excluding carboxylic acids is 1. The van der Waals surface area contributed by atoms with Crippen LogP contribution in [0.4, 0.5) is 0 Å². The number of amides is 1. The molecule has 0 aromatic carbocycles. The Labute approximate surface area is 96.2 Å². The molecule has 2 N–H and O–H groups in total. The summed E-state index contributed by atoms with van der Waals surface area (Å²) in [5, 5.41) is 10.4. The molecular weight excluding hydrogens is 204 g/mol. The Bertz CT molecular complexity index is 370. The van der Waals surface area contributed by atoms with Crippen LogP contribution in [-0.4, -0.2) is 28.8 Å². The van der Waals surface area contributed by atoms with Gasteiger partial charge in [-0.25, -0.2) is 0 Å². The minimum atomic E-state index is 0.00976. The van der Waals surface area contributed by atoms with Gasteiger partial charge in [0.25, 0.3) is 0 Å². The Balaban J connectivity index is 2.34. The number of nitrogens with one attached hydrogen (secondary N) is 2. The molecule has 1 amide bonds. The number of aromatic nitrogens is 2. The first-order valence-corrected chi connectivity index (χ1v) is 5.46. The molecule has 5 nitrogen and oxygen atoms in total. The molecule has 0 saturated carbocycles. The van der Waals surface area contributed by atoms with Gasteiger partial charge in [0, 0.05) is 44.9 Å². The first-order chi connectivity index (χ1) is 7.52. The van der Waals surface area contributed by atoms with E-state index < -0.39 is 0 Å². The molecule has 5 heteroatoms. The molecule has 1 heterocycles. The smallest absolute Gasteiger partial charge is 0.216 e. The molecule has 0 aliphatic rings. The molecule has 0 aliphatic heterocycles. The lowest BCUT2D eigenvalue weighted by Crippen LogP contribution is -2.30. The summed E-state index contributed by atoms with van der Waals surface area (Å²) in [7, 11) is 1.95. The zero-order chi connectivity index (χ0) is 12.1. The van der Waals surface area contributed by atoms with Crippen LogP contribution in [0, 0.1) is 13.8 Å². The molecule has 1 aromatic rings. The van der Waals surface area contributed by atoms with Crippen molar-refractivity contribution in [2.75, 3.05) is 13.1 Å².